The average molecular weight is 312 g/mol. The van der Waals surface area contributed by atoms with Crippen LogP contribution in [-0.4, -0.2) is 16.2 Å². The zero-order chi connectivity index (χ0) is 12.5. The first-order valence-corrected chi connectivity index (χ1v) is 6.53. The number of nitrogens with zero attached hydrogens (tertiary/aromatic N) is 2. The van der Waals surface area contributed by atoms with E-state index in [0.29, 0.717) is 34.3 Å². The molecule has 1 aromatic heterocycles. The van der Waals surface area contributed by atoms with Gasteiger partial charge in [-0.15, -0.1) is 0 Å². The molecule has 2 aromatic rings. The molecule has 1 heterocycles. The molecule has 0 amide bonds. The van der Waals surface area contributed by atoms with Gasteiger partial charge in [-0.25, -0.2) is 4.39 Å². The van der Waals surface area contributed by atoms with Gasteiger partial charge in [0.1, 0.15) is 5.82 Å². The molecule has 0 saturated heterocycles. The summed E-state index contributed by atoms with van der Waals surface area (Å²) >= 11 is 3.18. The Balaban J connectivity index is 1.80. The summed E-state index contributed by atoms with van der Waals surface area (Å²) < 4.78 is 18.9. The summed E-state index contributed by atoms with van der Waals surface area (Å²) in [5.41, 5.74) is 0.570. The molecular formula is C12H11BrFN3O. The molecule has 0 aliphatic heterocycles. The van der Waals surface area contributed by atoms with Crippen LogP contribution in [0.2, 0.25) is 0 Å². The van der Waals surface area contributed by atoms with Crippen molar-refractivity contribution in [3.05, 3.63) is 34.3 Å². The molecule has 3 rings (SSSR count). The molecule has 1 N–H and O–H groups in total. The average Bonchev–Trinajstić information content (AvgIpc) is 3.08. The molecule has 4 nitrogen and oxygen atoms in total. The third kappa shape index (κ3) is 2.44. The van der Waals surface area contributed by atoms with Crippen molar-refractivity contribution in [2.45, 2.75) is 25.4 Å². The van der Waals surface area contributed by atoms with Gasteiger partial charge < -0.3 is 9.84 Å². The van der Waals surface area contributed by atoms with Crippen LogP contribution < -0.4 is 5.32 Å². The molecule has 0 unspecified atom stereocenters. The molecule has 94 valence electrons. The fourth-order valence-corrected chi connectivity index (χ4v) is 2.06. The van der Waals surface area contributed by atoms with E-state index in [9.17, 15) is 4.39 Å². The van der Waals surface area contributed by atoms with Gasteiger partial charge in [0.15, 0.2) is 5.82 Å². The maximum Gasteiger partial charge on any atom is 0.259 e. The number of halogens is 2. The number of rotatable bonds is 4. The molecule has 6 heteroatoms. The van der Waals surface area contributed by atoms with Crippen molar-refractivity contribution >= 4 is 15.9 Å². The molecule has 0 radical (unpaired) electrons. The number of benzene rings is 1. The summed E-state index contributed by atoms with van der Waals surface area (Å²) in [6, 6.07) is 5.31. The minimum absolute atomic E-state index is 0.328. The molecule has 1 aromatic carbocycles. The summed E-state index contributed by atoms with van der Waals surface area (Å²) in [6.45, 7) is 0.584. The van der Waals surface area contributed by atoms with Crippen molar-refractivity contribution in [2.24, 2.45) is 0 Å². The van der Waals surface area contributed by atoms with Gasteiger partial charge in [-0.1, -0.05) is 11.2 Å². The Morgan fingerprint density at radius 3 is 3.06 bits per heavy atom. The normalized spacial score (nSPS) is 15.0. The van der Waals surface area contributed by atoms with E-state index in [1.54, 1.807) is 12.1 Å². The number of nitrogens with one attached hydrogen (secondary N) is 1. The largest absolute Gasteiger partial charge is 0.334 e. The maximum atomic E-state index is 13.4. The summed E-state index contributed by atoms with van der Waals surface area (Å²) in [7, 11) is 0. The lowest BCUT2D eigenvalue weighted by molar-refractivity contribution is 0.418. The van der Waals surface area contributed by atoms with Gasteiger partial charge >= 0.3 is 0 Å². The molecule has 0 atom stereocenters. The van der Waals surface area contributed by atoms with E-state index in [-0.39, 0.29) is 5.82 Å². The predicted molar refractivity (Wildman–Crippen MR) is 67.3 cm³/mol. The summed E-state index contributed by atoms with van der Waals surface area (Å²) in [6.07, 6.45) is 2.42. The van der Waals surface area contributed by atoms with Crippen LogP contribution >= 0.6 is 15.9 Å². The Morgan fingerprint density at radius 2 is 2.28 bits per heavy atom. The van der Waals surface area contributed by atoms with Crippen LogP contribution in [0.4, 0.5) is 4.39 Å². The Labute approximate surface area is 112 Å². The molecular weight excluding hydrogens is 301 g/mol. The van der Waals surface area contributed by atoms with Gasteiger partial charge in [0.05, 0.1) is 16.6 Å². The van der Waals surface area contributed by atoms with E-state index in [0.717, 1.165) is 0 Å². The first kappa shape index (κ1) is 11.8. The van der Waals surface area contributed by atoms with Gasteiger partial charge in [-0.05, 0) is 40.9 Å². The molecule has 0 bridgehead atoms. The Bertz CT molecular complexity index is 568. The standard InChI is InChI=1S/C12H11BrFN3O/c13-11-8(2-1-3-9(11)14)12-16-10(17-18-12)6-15-7-4-5-7/h1-3,7,15H,4-6H2. The van der Waals surface area contributed by atoms with Gasteiger partial charge in [0, 0.05) is 6.04 Å². The van der Waals surface area contributed by atoms with Crippen LogP contribution in [0.3, 0.4) is 0 Å². The lowest BCUT2D eigenvalue weighted by Gasteiger charge is -1.99. The van der Waals surface area contributed by atoms with Crippen molar-refractivity contribution in [2.75, 3.05) is 0 Å². The second kappa shape index (κ2) is 4.78. The predicted octanol–water partition coefficient (Wildman–Crippen LogP) is 2.89. The Kier molecular flexibility index (Phi) is 3.13. The van der Waals surface area contributed by atoms with Crippen molar-refractivity contribution in [1.82, 2.24) is 15.5 Å². The quantitative estimate of drug-likeness (QED) is 0.943. The lowest BCUT2D eigenvalue weighted by Crippen LogP contribution is -2.16. The molecule has 1 saturated carbocycles. The third-order valence-electron chi connectivity index (χ3n) is 2.78. The zero-order valence-electron chi connectivity index (χ0n) is 9.49. The van der Waals surface area contributed by atoms with Gasteiger partial charge in [0.2, 0.25) is 0 Å². The highest BCUT2D eigenvalue weighted by molar-refractivity contribution is 9.10. The van der Waals surface area contributed by atoms with Crippen molar-refractivity contribution < 1.29 is 8.91 Å². The van der Waals surface area contributed by atoms with E-state index in [1.807, 2.05) is 0 Å². The first-order chi connectivity index (χ1) is 8.74. The highest BCUT2D eigenvalue weighted by Gasteiger charge is 2.21. The Hall–Kier alpha value is -1.27. The van der Waals surface area contributed by atoms with Crippen LogP contribution in [0.5, 0.6) is 0 Å². The van der Waals surface area contributed by atoms with Crippen LogP contribution in [0.1, 0.15) is 18.7 Å². The fourth-order valence-electron chi connectivity index (χ4n) is 1.63. The van der Waals surface area contributed by atoms with E-state index >= 15 is 0 Å². The van der Waals surface area contributed by atoms with Gasteiger partial charge in [-0.2, -0.15) is 4.98 Å². The number of hydrogen-bond donors (Lipinski definition) is 1. The topological polar surface area (TPSA) is 51.0 Å². The smallest absolute Gasteiger partial charge is 0.259 e. The molecule has 1 aliphatic rings. The van der Waals surface area contributed by atoms with Crippen LogP contribution in [0.25, 0.3) is 11.5 Å². The molecule has 0 spiro atoms. The lowest BCUT2D eigenvalue weighted by atomic mass is 10.2. The minimum Gasteiger partial charge on any atom is -0.334 e. The van der Waals surface area contributed by atoms with Crippen molar-refractivity contribution in [3.8, 4) is 11.5 Å². The molecule has 1 aliphatic carbocycles. The van der Waals surface area contributed by atoms with Crippen LogP contribution in [0, 0.1) is 5.82 Å². The van der Waals surface area contributed by atoms with E-state index in [1.165, 1.54) is 18.9 Å². The monoisotopic (exact) mass is 311 g/mol. The summed E-state index contributed by atoms with van der Waals surface area (Å²) in [4.78, 5) is 4.25. The first-order valence-electron chi connectivity index (χ1n) is 5.74. The van der Waals surface area contributed by atoms with E-state index in [2.05, 4.69) is 31.4 Å². The van der Waals surface area contributed by atoms with E-state index in [4.69, 9.17) is 4.52 Å². The summed E-state index contributed by atoms with van der Waals surface area (Å²) in [5.74, 6) is 0.574. The highest BCUT2D eigenvalue weighted by Crippen LogP contribution is 2.29. The SMILES string of the molecule is Fc1cccc(-c2nc(CNC3CC3)no2)c1Br. The van der Waals surface area contributed by atoms with Crippen molar-refractivity contribution in [1.29, 1.82) is 0 Å². The highest BCUT2D eigenvalue weighted by atomic mass is 79.9. The van der Waals surface area contributed by atoms with Gasteiger partial charge in [-0.3, -0.25) is 0 Å². The maximum absolute atomic E-state index is 13.4. The zero-order valence-corrected chi connectivity index (χ0v) is 11.1. The van der Waals surface area contributed by atoms with Gasteiger partial charge in [0.25, 0.3) is 5.89 Å². The fraction of sp³-hybridized carbons (Fsp3) is 0.333. The summed E-state index contributed by atoms with van der Waals surface area (Å²) in [5, 5.41) is 7.16. The van der Waals surface area contributed by atoms with Crippen LogP contribution in [-0.2, 0) is 6.54 Å². The third-order valence-corrected chi connectivity index (χ3v) is 3.58. The molecule has 18 heavy (non-hydrogen) atoms. The Morgan fingerprint density at radius 1 is 1.44 bits per heavy atom. The number of aromatic nitrogens is 2. The second-order valence-electron chi connectivity index (χ2n) is 4.27. The number of hydrogen-bond acceptors (Lipinski definition) is 4. The van der Waals surface area contributed by atoms with Crippen LogP contribution in [0.15, 0.2) is 27.2 Å². The second-order valence-corrected chi connectivity index (χ2v) is 5.07. The minimum atomic E-state index is -0.344. The molecule has 1 fully saturated rings. The van der Waals surface area contributed by atoms with Crippen molar-refractivity contribution in [3.63, 3.8) is 0 Å². The van der Waals surface area contributed by atoms with E-state index < -0.39 is 0 Å².